The minimum absolute atomic E-state index is 0.175. The van der Waals surface area contributed by atoms with Crippen LogP contribution < -0.4 is 16.6 Å². The van der Waals surface area contributed by atoms with Crippen molar-refractivity contribution in [3.05, 3.63) is 32.6 Å². The van der Waals surface area contributed by atoms with Crippen LogP contribution in [0.1, 0.15) is 39.7 Å². The number of aromatic amines is 1. The molecule has 1 fully saturated rings. The van der Waals surface area contributed by atoms with Gasteiger partial charge in [-0.05, 0) is 34.6 Å². The summed E-state index contributed by atoms with van der Waals surface area (Å²) in [6.07, 6.45) is -0.601. The number of carbonyl (C=O) groups excluding carboxylic acids is 2. The first-order chi connectivity index (χ1) is 13.3. The molecule has 1 aromatic rings. The van der Waals surface area contributed by atoms with Crippen LogP contribution in [0.15, 0.2) is 15.8 Å². The van der Waals surface area contributed by atoms with Gasteiger partial charge >= 0.3 is 23.8 Å². The third-order valence-corrected chi connectivity index (χ3v) is 4.89. The summed E-state index contributed by atoms with van der Waals surface area (Å²) >= 11 is 0. The predicted octanol–water partition coefficient (Wildman–Crippen LogP) is 0.552. The van der Waals surface area contributed by atoms with Crippen LogP contribution in [-0.4, -0.2) is 61.5 Å². The second kappa shape index (κ2) is 7.82. The van der Waals surface area contributed by atoms with Crippen molar-refractivity contribution in [2.45, 2.75) is 65.3 Å². The molecular weight excluding hydrogens is 384 g/mol. The van der Waals surface area contributed by atoms with Gasteiger partial charge in [0.25, 0.3) is 5.56 Å². The molecule has 3 atom stereocenters. The quantitative estimate of drug-likeness (QED) is 0.615. The van der Waals surface area contributed by atoms with Crippen LogP contribution >= 0.6 is 0 Å². The maximum absolute atomic E-state index is 13.0. The highest BCUT2D eigenvalue weighted by molar-refractivity contribution is 5.81. The summed E-state index contributed by atoms with van der Waals surface area (Å²) in [5, 5.41) is 12.5. The molecular formula is C18H27N4O7+. The Labute approximate surface area is 166 Å². The summed E-state index contributed by atoms with van der Waals surface area (Å²) in [6, 6.07) is -1.23. The van der Waals surface area contributed by atoms with Crippen molar-refractivity contribution in [1.29, 1.82) is 0 Å². The average Bonchev–Trinajstić information content (AvgIpc) is 2.87. The molecule has 0 saturated carbocycles. The number of hydrogen-bond acceptors (Lipinski definition) is 6. The molecule has 0 radical (unpaired) electrons. The van der Waals surface area contributed by atoms with E-state index in [0.717, 1.165) is 4.57 Å². The first-order valence-corrected chi connectivity index (χ1v) is 9.21. The van der Waals surface area contributed by atoms with Crippen LogP contribution in [0.4, 0.5) is 9.59 Å². The molecule has 0 aliphatic carbocycles. The van der Waals surface area contributed by atoms with Crippen molar-refractivity contribution in [2.75, 3.05) is 6.54 Å². The molecule has 2 rings (SSSR count). The molecule has 1 aliphatic heterocycles. The predicted molar refractivity (Wildman–Crippen MR) is 101 cm³/mol. The molecule has 1 saturated heterocycles. The summed E-state index contributed by atoms with van der Waals surface area (Å²) in [4.78, 5) is 62.7. The Balaban J connectivity index is 2.25. The van der Waals surface area contributed by atoms with Gasteiger partial charge < -0.3 is 15.2 Å². The number of rotatable bonds is 3. The fraction of sp³-hybridized carbons (Fsp3) is 0.611. The normalized spacial score (nSPS) is 24.2. The van der Waals surface area contributed by atoms with E-state index in [2.05, 4.69) is 10.3 Å². The van der Waals surface area contributed by atoms with Crippen LogP contribution in [0.3, 0.4) is 0 Å². The van der Waals surface area contributed by atoms with E-state index in [4.69, 9.17) is 4.74 Å². The van der Waals surface area contributed by atoms with Crippen molar-refractivity contribution in [1.82, 2.24) is 14.9 Å². The van der Waals surface area contributed by atoms with Crippen molar-refractivity contribution in [3.63, 3.8) is 0 Å². The zero-order valence-electron chi connectivity index (χ0n) is 17.1. The van der Waals surface area contributed by atoms with Crippen molar-refractivity contribution in [3.8, 4) is 0 Å². The Kier molecular flexibility index (Phi) is 6.02. The Morgan fingerprint density at radius 2 is 1.97 bits per heavy atom. The lowest BCUT2D eigenvalue weighted by Gasteiger charge is -2.29. The molecule has 3 N–H and O–H groups in total. The van der Waals surface area contributed by atoms with E-state index < -0.39 is 58.1 Å². The number of quaternary nitrogens is 1. The molecule has 11 heteroatoms. The van der Waals surface area contributed by atoms with Gasteiger partial charge in [0.05, 0.1) is 6.04 Å². The third kappa shape index (κ3) is 4.73. The molecule has 0 unspecified atom stereocenters. The van der Waals surface area contributed by atoms with Crippen LogP contribution in [0.25, 0.3) is 0 Å². The number of ether oxygens (including phenoxy) is 1. The number of carboxylic acid groups (broad SMARTS) is 1. The van der Waals surface area contributed by atoms with Gasteiger partial charge in [-0.25, -0.2) is 14.4 Å². The highest BCUT2D eigenvalue weighted by atomic mass is 16.6. The molecule has 0 bridgehead atoms. The Morgan fingerprint density at radius 3 is 2.52 bits per heavy atom. The second-order valence-corrected chi connectivity index (χ2v) is 8.35. The number of likely N-dealkylation sites (tertiary alicyclic amines) is 1. The topological polar surface area (TPSA) is 148 Å². The van der Waals surface area contributed by atoms with Gasteiger partial charge in [0, 0.05) is 18.2 Å². The van der Waals surface area contributed by atoms with Gasteiger partial charge in [-0.3, -0.25) is 14.3 Å². The monoisotopic (exact) mass is 411 g/mol. The standard InChI is InChI=1S/C18H26N4O7/c1-10-7-21(15(25)20-14(10)24)8-13(23)22(17(27)28)9-12(6-11(22)2)19-16(26)29-18(3,4)5/h7,11-12H,6,8-9H2,1-5H3,(H2-,19,20,24,25,26,27,28)/p+1/t11-,12-,22-/m1/s1. The summed E-state index contributed by atoms with van der Waals surface area (Å²) in [5.74, 6) is -0.730. The van der Waals surface area contributed by atoms with E-state index in [1.807, 2.05) is 0 Å². The van der Waals surface area contributed by atoms with E-state index in [0.29, 0.717) is 0 Å². The fourth-order valence-electron chi connectivity index (χ4n) is 3.50. The average molecular weight is 411 g/mol. The second-order valence-electron chi connectivity index (χ2n) is 8.35. The molecule has 160 valence electrons. The molecule has 3 amide bonds. The zero-order valence-corrected chi connectivity index (χ0v) is 17.1. The highest BCUT2D eigenvalue weighted by Gasteiger charge is 2.56. The lowest BCUT2D eigenvalue weighted by Crippen LogP contribution is -2.61. The summed E-state index contributed by atoms with van der Waals surface area (Å²) in [6.45, 7) is 7.49. The Morgan fingerprint density at radius 1 is 1.34 bits per heavy atom. The summed E-state index contributed by atoms with van der Waals surface area (Å²) in [5.41, 5.74) is -1.87. The van der Waals surface area contributed by atoms with Gasteiger partial charge in [0.2, 0.25) is 0 Å². The maximum Gasteiger partial charge on any atom is 0.521 e. The molecule has 1 aromatic heterocycles. The lowest BCUT2D eigenvalue weighted by atomic mass is 10.2. The molecule has 29 heavy (non-hydrogen) atoms. The van der Waals surface area contributed by atoms with E-state index in [-0.39, 0.29) is 18.5 Å². The number of imide groups is 1. The minimum Gasteiger partial charge on any atom is -0.444 e. The van der Waals surface area contributed by atoms with Crippen molar-refractivity contribution >= 4 is 18.1 Å². The number of amides is 3. The minimum atomic E-state index is -1.37. The zero-order chi connectivity index (χ0) is 22.1. The number of aromatic nitrogens is 2. The lowest BCUT2D eigenvalue weighted by molar-refractivity contribution is -0.793. The van der Waals surface area contributed by atoms with Gasteiger partial charge in [-0.15, -0.1) is 0 Å². The largest absolute Gasteiger partial charge is 0.521 e. The smallest absolute Gasteiger partial charge is 0.444 e. The van der Waals surface area contributed by atoms with Gasteiger partial charge in [-0.2, -0.15) is 9.28 Å². The van der Waals surface area contributed by atoms with Crippen molar-refractivity contribution in [2.24, 2.45) is 0 Å². The van der Waals surface area contributed by atoms with Crippen LogP contribution in [0.2, 0.25) is 0 Å². The number of hydrogen-bond donors (Lipinski definition) is 3. The molecule has 0 spiro atoms. The Hall–Kier alpha value is -2.95. The first-order valence-electron chi connectivity index (χ1n) is 9.21. The van der Waals surface area contributed by atoms with Crippen molar-refractivity contribution < 1.29 is 28.7 Å². The Bertz CT molecular complexity index is 943. The molecule has 0 aromatic carbocycles. The van der Waals surface area contributed by atoms with Crippen LogP contribution in [-0.2, 0) is 16.1 Å². The first kappa shape index (κ1) is 22.3. The number of nitrogens with zero attached hydrogens (tertiary/aromatic N) is 2. The van der Waals surface area contributed by atoms with Crippen LogP contribution in [0, 0.1) is 6.92 Å². The van der Waals surface area contributed by atoms with Crippen LogP contribution in [0.5, 0.6) is 0 Å². The van der Waals surface area contributed by atoms with E-state index in [1.165, 1.54) is 13.1 Å². The highest BCUT2D eigenvalue weighted by Crippen LogP contribution is 2.29. The van der Waals surface area contributed by atoms with Gasteiger partial charge in [-0.1, -0.05) is 0 Å². The fourth-order valence-corrected chi connectivity index (χ4v) is 3.50. The number of nitrogens with one attached hydrogen (secondary N) is 2. The maximum atomic E-state index is 13.0. The third-order valence-electron chi connectivity index (χ3n) is 4.89. The van der Waals surface area contributed by atoms with E-state index in [9.17, 15) is 29.1 Å². The number of alkyl carbamates (subject to hydrolysis) is 1. The number of H-pyrrole nitrogens is 1. The van der Waals surface area contributed by atoms with Gasteiger partial charge in [0.15, 0.2) is 0 Å². The molecule has 11 nitrogen and oxygen atoms in total. The molecule has 2 heterocycles. The number of aryl methyl sites for hydroxylation is 1. The van der Waals surface area contributed by atoms with Gasteiger partial charge in [0.1, 0.15) is 24.7 Å². The number of carbonyl (C=O) groups is 3. The SMILES string of the molecule is Cc1cn(CC(=O)[N@@+]2(C(=O)O)C[C@H](NC(=O)OC(C)(C)C)C[C@H]2C)c(=O)[nH]c1=O. The molecule has 1 aliphatic rings. The van der Waals surface area contributed by atoms with E-state index >= 15 is 0 Å². The summed E-state index contributed by atoms with van der Waals surface area (Å²) in [7, 11) is 0. The summed E-state index contributed by atoms with van der Waals surface area (Å²) < 4.78 is 5.23. The van der Waals surface area contributed by atoms with E-state index in [1.54, 1.807) is 27.7 Å².